The van der Waals surface area contributed by atoms with Gasteiger partial charge in [-0.25, -0.2) is 0 Å². The van der Waals surface area contributed by atoms with E-state index in [9.17, 15) is 28.1 Å². The fourth-order valence-corrected chi connectivity index (χ4v) is 1.02. The van der Waals surface area contributed by atoms with E-state index in [-0.39, 0.29) is 12.8 Å². The Kier molecular flexibility index (Phi) is 4.70. The summed E-state index contributed by atoms with van der Waals surface area (Å²) in [5.74, 6) is -0.687. The maximum atomic E-state index is 12.4. The van der Waals surface area contributed by atoms with E-state index in [4.69, 9.17) is 0 Å². The van der Waals surface area contributed by atoms with Crippen LogP contribution in [0, 0.1) is 10.1 Å². The van der Waals surface area contributed by atoms with E-state index in [0.717, 1.165) is 7.11 Å². The lowest BCUT2D eigenvalue weighted by atomic mass is 9.95. The van der Waals surface area contributed by atoms with Gasteiger partial charge in [0.15, 0.2) is 0 Å². The van der Waals surface area contributed by atoms with E-state index in [1.165, 1.54) is 0 Å². The van der Waals surface area contributed by atoms with Crippen LogP contribution >= 0.6 is 0 Å². The van der Waals surface area contributed by atoms with Crippen molar-refractivity contribution in [2.24, 2.45) is 0 Å². The van der Waals surface area contributed by atoms with Crippen LogP contribution in [-0.4, -0.2) is 29.7 Å². The van der Waals surface area contributed by atoms with Crippen molar-refractivity contribution in [2.75, 3.05) is 7.11 Å². The van der Waals surface area contributed by atoms with Gasteiger partial charge in [-0.05, 0) is 6.42 Å². The first-order valence-electron chi connectivity index (χ1n) is 4.43. The fourth-order valence-electron chi connectivity index (χ4n) is 1.02. The van der Waals surface area contributed by atoms with E-state index >= 15 is 0 Å². The van der Waals surface area contributed by atoms with Crippen LogP contribution in [0.4, 0.5) is 13.2 Å². The lowest BCUT2D eigenvalue weighted by Crippen LogP contribution is -2.49. The fraction of sp³-hybridized carbons (Fsp3) is 0.875. The zero-order chi connectivity index (χ0) is 13.0. The first-order chi connectivity index (χ1) is 7.15. The van der Waals surface area contributed by atoms with Crippen molar-refractivity contribution in [1.82, 2.24) is 0 Å². The van der Waals surface area contributed by atoms with E-state index in [2.05, 4.69) is 4.74 Å². The zero-order valence-electron chi connectivity index (χ0n) is 8.84. The van der Waals surface area contributed by atoms with Crippen molar-refractivity contribution in [1.29, 1.82) is 0 Å². The predicted molar refractivity (Wildman–Crippen MR) is 47.3 cm³/mol. The van der Waals surface area contributed by atoms with Crippen LogP contribution in [0.3, 0.4) is 0 Å². The lowest BCUT2D eigenvalue weighted by molar-refractivity contribution is -0.609. The molecule has 0 aromatic rings. The number of methoxy groups -OCH3 is 1. The Hall–Kier alpha value is -1.34. The summed E-state index contributed by atoms with van der Waals surface area (Å²) in [7, 11) is 1.10. The number of nitro groups is 1. The molecule has 0 amide bonds. The highest BCUT2D eigenvalue weighted by molar-refractivity contribution is 5.68. The second kappa shape index (κ2) is 5.13. The molecule has 5 nitrogen and oxygen atoms in total. The average molecular weight is 243 g/mol. The molecule has 0 N–H and O–H groups in total. The Balaban J connectivity index is 4.49. The van der Waals surface area contributed by atoms with Gasteiger partial charge in [0, 0.05) is 24.7 Å². The molecule has 8 heteroatoms. The Morgan fingerprint density at radius 3 is 2.25 bits per heavy atom. The van der Waals surface area contributed by atoms with Crippen LogP contribution < -0.4 is 0 Å². The van der Waals surface area contributed by atoms with Crippen LogP contribution in [0.1, 0.15) is 26.2 Å². The molecule has 0 fully saturated rings. The quantitative estimate of drug-likeness (QED) is 0.420. The number of hydrogen-bond acceptors (Lipinski definition) is 4. The van der Waals surface area contributed by atoms with Crippen molar-refractivity contribution >= 4 is 5.97 Å². The van der Waals surface area contributed by atoms with Crippen LogP contribution in [0.25, 0.3) is 0 Å². The Morgan fingerprint density at radius 1 is 1.44 bits per heavy atom. The number of halogens is 3. The molecular weight excluding hydrogens is 231 g/mol. The molecule has 0 heterocycles. The summed E-state index contributed by atoms with van der Waals surface area (Å²) in [5.41, 5.74) is -3.01. The second-order valence-electron chi connectivity index (χ2n) is 3.46. The van der Waals surface area contributed by atoms with Crippen molar-refractivity contribution < 1.29 is 27.6 Å². The number of carbonyl (C=O) groups is 1. The summed E-state index contributed by atoms with van der Waals surface area (Å²) in [6.07, 6.45) is -6.20. The van der Waals surface area contributed by atoms with Crippen LogP contribution in [0.5, 0.6) is 0 Å². The third-order valence-corrected chi connectivity index (χ3v) is 2.29. The van der Waals surface area contributed by atoms with Crippen LogP contribution in [0.15, 0.2) is 0 Å². The summed E-state index contributed by atoms with van der Waals surface area (Å²) in [6, 6.07) is 0. The van der Waals surface area contributed by atoms with Gasteiger partial charge in [0.2, 0.25) is 0 Å². The largest absolute Gasteiger partial charge is 0.469 e. The maximum Gasteiger partial charge on any atom is 0.460 e. The Bertz CT molecular complexity index is 279. The minimum absolute atomic E-state index is 0.246. The molecule has 0 radical (unpaired) electrons. The van der Waals surface area contributed by atoms with Gasteiger partial charge in [-0.2, -0.15) is 13.2 Å². The molecule has 0 rings (SSSR count). The molecule has 0 aliphatic heterocycles. The average Bonchev–Trinajstić information content (AvgIpc) is 2.15. The molecule has 0 bridgehead atoms. The smallest absolute Gasteiger partial charge is 0.460 e. The Labute approximate surface area is 89.7 Å². The first kappa shape index (κ1) is 14.7. The van der Waals surface area contributed by atoms with Crippen molar-refractivity contribution in [2.45, 2.75) is 37.9 Å². The summed E-state index contributed by atoms with van der Waals surface area (Å²) in [4.78, 5) is 19.7. The van der Waals surface area contributed by atoms with Gasteiger partial charge >= 0.3 is 17.7 Å². The van der Waals surface area contributed by atoms with E-state index < -0.39 is 29.0 Å². The predicted octanol–water partition coefficient (Wildman–Crippen LogP) is 1.93. The van der Waals surface area contributed by atoms with Gasteiger partial charge in [-0.15, -0.1) is 0 Å². The van der Waals surface area contributed by atoms with E-state index in [1.807, 2.05) is 0 Å². The number of ether oxygens (including phenoxy) is 1. The molecule has 16 heavy (non-hydrogen) atoms. The van der Waals surface area contributed by atoms with Gasteiger partial charge in [0.25, 0.3) is 0 Å². The third kappa shape index (κ3) is 3.35. The van der Waals surface area contributed by atoms with Gasteiger partial charge in [-0.3, -0.25) is 14.9 Å². The molecule has 94 valence electrons. The van der Waals surface area contributed by atoms with Crippen molar-refractivity contribution in [3.63, 3.8) is 0 Å². The normalized spacial score (nSPS) is 15.3. The second-order valence-corrected chi connectivity index (χ2v) is 3.46. The van der Waals surface area contributed by atoms with E-state index in [1.54, 1.807) is 0 Å². The monoisotopic (exact) mass is 243 g/mol. The number of esters is 1. The van der Waals surface area contributed by atoms with Crippen molar-refractivity contribution in [3.8, 4) is 0 Å². The van der Waals surface area contributed by atoms with Crippen molar-refractivity contribution in [3.05, 3.63) is 10.1 Å². The molecule has 0 aromatic heterocycles. The topological polar surface area (TPSA) is 69.4 Å². The summed E-state index contributed by atoms with van der Waals surface area (Å²) in [5, 5.41) is 10.4. The van der Waals surface area contributed by atoms with Crippen LogP contribution in [-0.2, 0) is 9.53 Å². The summed E-state index contributed by atoms with van der Waals surface area (Å²) in [6.45, 7) is 0.504. The minimum atomic E-state index is -4.94. The molecule has 0 spiro atoms. The molecule has 0 aliphatic rings. The highest BCUT2D eigenvalue weighted by Crippen LogP contribution is 2.36. The summed E-state index contributed by atoms with van der Waals surface area (Å²) < 4.78 is 41.4. The van der Waals surface area contributed by atoms with Crippen LogP contribution in [0.2, 0.25) is 0 Å². The van der Waals surface area contributed by atoms with Gasteiger partial charge in [-0.1, -0.05) is 0 Å². The standard InChI is InChI=1S/C8H12F3NO4/c1-7(12(14)15,8(9,10)11)5-3-4-6(13)16-2/h3-5H2,1-2H3. The number of hydrogen-bond donors (Lipinski definition) is 0. The SMILES string of the molecule is COC(=O)CCCC(C)([N+](=O)[O-])C(F)(F)F. The highest BCUT2D eigenvalue weighted by atomic mass is 19.4. The number of nitrogens with zero attached hydrogens (tertiary/aromatic N) is 1. The van der Waals surface area contributed by atoms with E-state index in [0.29, 0.717) is 6.92 Å². The van der Waals surface area contributed by atoms with Gasteiger partial charge < -0.3 is 4.74 Å². The molecule has 0 aliphatic carbocycles. The zero-order valence-corrected chi connectivity index (χ0v) is 8.84. The first-order valence-corrected chi connectivity index (χ1v) is 4.43. The molecule has 1 atom stereocenters. The Morgan fingerprint density at radius 2 is 1.94 bits per heavy atom. The third-order valence-electron chi connectivity index (χ3n) is 2.29. The number of carbonyl (C=O) groups excluding carboxylic acids is 1. The minimum Gasteiger partial charge on any atom is -0.469 e. The van der Waals surface area contributed by atoms with Gasteiger partial charge in [0.05, 0.1) is 7.11 Å². The summed E-state index contributed by atoms with van der Waals surface area (Å²) >= 11 is 0. The maximum absolute atomic E-state index is 12.4. The molecule has 1 unspecified atom stereocenters. The number of rotatable bonds is 5. The molecular formula is C8H12F3NO4. The number of alkyl halides is 3. The van der Waals surface area contributed by atoms with Gasteiger partial charge in [0.1, 0.15) is 0 Å². The molecule has 0 saturated carbocycles. The molecule has 0 aromatic carbocycles. The lowest BCUT2D eigenvalue weighted by Gasteiger charge is -2.23. The molecule has 0 saturated heterocycles. The highest BCUT2D eigenvalue weighted by Gasteiger charge is 2.61.